The lowest BCUT2D eigenvalue weighted by molar-refractivity contribution is 0.0472. The quantitative estimate of drug-likeness (QED) is 0.754. The highest BCUT2D eigenvalue weighted by atomic mass is 16.5. The van der Waals surface area contributed by atoms with Crippen molar-refractivity contribution in [3.05, 3.63) is 71.3 Å². The molecule has 19 heavy (non-hydrogen) atoms. The minimum absolute atomic E-state index is 0.271. The first-order chi connectivity index (χ1) is 9.29. The Morgan fingerprint density at radius 1 is 0.947 bits per heavy atom. The fourth-order valence-corrected chi connectivity index (χ4v) is 1.90. The fraction of sp³-hybridized carbons (Fsp3) is 0.235. The second-order valence-electron chi connectivity index (χ2n) is 4.51. The number of carbonyl (C=O) groups is 1. The number of hydrogen-bond donors (Lipinski definition) is 0. The normalized spacial score (nSPS) is 10.2. The molecule has 0 amide bonds. The third kappa shape index (κ3) is 3.95. The van der Waals surface area contributed by atoms with E-state index < -0.39 is 0 Å². The van der Waals surface area contributed by atoms with Crippen molar-refractivity contribution in [1.82, 2.24) is 0 Å². The van der Waals surface area contributed by atoms with Crippen LogP contribution < -0.4 is 0 Å². The van der Waals surface area contributed by atoms with E-state index in [2.05, 4.69) is 6.92 Å². The van der Waals surface area contributed by atoms with E-state index in [1.807, 2.05) is 54.6 Å². The van der Waals surface area contributed by atoms with Gasteiger partial charge in [0.1, 0.15) is 6.61 Å². The van der Waals surface area contributed by atoms with Crippen LogP contribution in [0.15, 0.2) is 54.6 Å². The van der Waals surface area contributed by atoms with Crippen LogP contribution in [0.4, 0.5) is 0 Å². The molecule has 0 aliphatic rings. The Hall–Kier alpha value is -2.09. The lowest BCUT2D eigenvalue weighted by Crippen LogP contribution is -2.05. The first kappa shape index (κ1) is 13.3. The number of esters is 1. The minimum Gasteiger partial charge on any atom is -0.457 e. The molecule has 0 radical (unpaired) electrons. The van der Waals surface area contributed by atoms with E-state index in [9.17, 15) is 4.79 Å². The zero-order valence-electron chi connectivity index (χ0n) is 11.1. The molecular formula is C17H18O2. The molecule has 0 aliphatic carbocycles. The fourth-order valence-electron chi connectivity index (χ4n) is 1.90. The average molecular weight is 254 g/mol. The Bertz CT molecular complexity index is 515. The molecule has 0 bridgehead atoms. The molecule has 0 N–H and O–H groups in total. The van der Waals surface area contributed by atoms with Gasteiger partial charge in [-0.25, -0.2) is 4.79 Å². The predicted molar refractivity (Wildman–Crippen MR) is 76.0 cm³/mol. The van der Waals surface area contributed by atoms with Crippen molar-refractivity contribution >= 4 is 5.97 Å². The second kappa shape index (κ2) is 6.74. The largest absolute Gasteiger partial charge is 0.457 e. The lowest BCUT2D eigenvalue weighted by Gasteiger charge is -2.05. The van der Waals surface area contributed by atoms with Crippen LogP contribution in [0.25, 0.3) is 0 Å². The summed E-state index contributed by atoms with van der Waals surface area (Å²) < 4.78 is 5.28. The zero-order chi connectivity index (χ0) is 13.5. The molecule has 0 saturated carbocycles. The van der Waals surface area contributed by atoms with E-state index in [1.54, 1.807) is 0 Å². The van der Waals surface area contributed by atoms with Gasteiger partial charge in [0.25, 0.3) is 0 Å². The highest BCUT2D eigenvalue weighted by Crippen LogP contribution is 2.09. The molecule has 0 atom stereocenters. The Morgan fingerprint density at radius 3 is 2.26 bits per heavy atom. The molecule has 2 aromatic rings. The third-order valence-corrected chi connectivity index (χ3v) is 2.94. The molecule has 0 heterocycles. The van der Waals surface area contributed by atoms with Gasteiger partial charge >= 0.3 is 5.97 Å². The van der Waals surface area contributed by atoms with Crippen molar-refractivity contribution in [2.45, 2.75) is 26.4 Å². The van der Waals surface area contributed by atoms with E-state index in [-0.39, 0.29) is 5.97 Å². The van der Waals surface area contributed by atoms with Crippen molar-refractivity contribution in [3.63, 3.8) is 0 Å². The lowest BCUT2D eigenvalue weighted by atomic mass is 10.1. The first-order valence-electron chi connectivity index (χ1n) is 6.59. The maximum absolute atomic E-state index is 11.9. The SMILES string of the molecule is CCCc1ccc(C(=O)OCc2ccccc2)cc1. The average Bonchev–Trinajstić information content (AvgIpc) is 2.47. The van der Waals surface area contributed by atoms with Crippen molar-refractivity contribution < 1.29 is 9.53 Å². The van der Waals surface area contributed by atoms with E-state index in [0.717, 1.165) is 18.4 Å². The Labute approximate surface area is 114 Å². The van der Waals surface area contributed by atoms with Crippen LogP contribution in [0.1, 0.15) is 34.8 Å². The number of rotatable bonds is 5. The van der Waals surface area contributed by atoms with E-state index in [4.69, 9.17) is 4.74 Å². The number of ether oxygens (including phenoxy) is 1. The van der Waals surface area contributed by atoms with Crippen LogP contribution in [0.2, 0.25) is 0 Å². The van der Waals surface area contributed by atoms with Gasteiger partial charge in [0, 0.05) is 0 Å². The summed E-state index contributed by atoms with van der Waals surface area (Å²) >= 11 is 0. The van der Waals surface area contributed by atoms with Crippen LogP contribution in [-0.4, -0.2) is 5.97 Å². The molecule has 98 valence electrons. The molecule has 0 fully saturated rings. The van der Waals surface area contributed by atoms with Gasteiger partial charge < -0.3 is 4.74 Å². The Balaban J connectivity index is 1.92. The summed E-state index contributed by atoms with van der Waals surface area (Å²) in [6.45, 7) is 2.46. The number of hydrogen-bond acceptors (Lipinski definition) is 2. The van der Waals surface area contributed by atoms with Gasteiger partial charge in [0.2, 0.25) is 0 Å². The monoisotopic (exact) mass is 254 g/mol. The number of aryl methyl sites for hydroxylation is 1. The molecule has 2 nitrogen and oxygen atoms in total. The molecule has 2 aromatic carbocycles. The molecule has 0 aliphatic heterocycles. The van der Waals surface area contributed by atoms with Crippen LogP contribution >= 0.6 is 0 Å². The smallest absolute Gasteiger partial charge is 0.338 e. The summed E-state index contributed by atoms with van der Waals surface area (Å²) in [7, 11) is 0. The maximum atomic E-state index is 11.9. The van der Waals surface area contributed by atoms with Crippen molar-refractivity contribution in [2.75, 3.05) is 0 Å². The number of benzene rings is 2. The van der Waals surface area contributed by atoms with Gasteiger partial charge in [0.05, 0.1) is 5.56 Å². The van der Waals surface area contributed by atoms with E-state index >= 15 is 0 Å². The zero-order valence-corrected chi connectivity index (χ0v) is 11.1. The third-order valence-electron chi connectivity index (χ3n) is 2.94. The molecular weight excluding hydrogens is 236 g/mol. The van der Waals surface area contributed by atoms with Gasteiger partial charge in [-0.1, -0.05) is 55.8 Å². The van der Waals surface area contributed by atoms with Crippen LogP contribution in [-0.2, 0) is 17.8 Å². The van der Waals surface area contributed by atoms with Gasteiger partial charge in [-0.3, -0.25) is 0 Å². The summed E-state index contributed by atoms with van der Waals surface area (Å²) in [6.07, 6.45) is 2.15. The molecule has 0 spiro atoms. The minimum atomic E-state index is -0.271. The molecule has 0 aromatic heterocycles. The standard InChI is InChI=1S/C17H18O2/c1-2-6-14-9-11-16(12-10-14)17(18)19-13-15-7-4-3-5-8-15/h3-5,7-12H,2,6,13H2,1H3. The van der Waals surface area contributed by atoms with E-state index in [1.165, 1.54) is 5.56 Å². The van der Waals surface area contributed by atoms with Gasteiger partial charge in [0.15, 0.2) is 0 Å². The topological polar surface area (TPSA) is 26.3 Å². The summed E-state index contributed by atoms with van der Waals surface area (Å²) in [5.41, 5.74) is 2.86. The molecule has 2 heteroatoms. The summed E-state index contributed by atoms with van der Waals surface area (Å²) in [5, 5.41) is 0. The molecule has 2 rings (SSSR count). The van der Waals surface area contributed by atoms with Gasteiger partial charge in [-0.15, -0.1) is 0 Å². The Morgan fingerprint density at radius 2 is 1.63 bits per heavy atom. The second-order valence-corrected chi connectivity index (χ2v) is 4.51. The highest BCUT2D eigenvalue weighted by Gasteiger charge is 2.06. The highest BCUT2D eigenvalue weighted by molar-refractivity contribution is 5.89. The van der Waals surface area contributed by atoms with Gasteiger partial charge in [-0.2, -0.15) is 0 Å². The first-order valence-corrected chi connectivity index (χ1v) is 6.59. The summed E-state index contributed by atoms with van der Waals surface area (Å²) in [5.74, 6) is -0.271. The van der Waals surface area contributed by atoms with E-state index in [0.29, 0.717) is 12.2 Å². The molecule has 0 unspecified atom stereocenters. The summed E-state index contributed by atoms with van der Waals surface area (Å²) in [6, 6.07) is 17.3. The molecule has 0 saturated heterocycles. The van der Waals surface area contributed by atoms with Crippen molar-refractivity contribution in [2.24, 2.45) is 0 Å². The Kier molecular flexibility index (Phi) is 4.73. The van der Waals surface area contributed by atoms with Crippen molar-refractivity contribution in [1.29, 1.82) is 0 Å². The van der Waals surface area contributed by atoms with Crippen molar-refractivity contribution in [3.8, 4) is 0 Å². The van der Waals surface area contributed by atoms with Gasteiger partial charge in [-0.05, 0) is 29.7 Å². The van der Waals surface area contributed by atoms with Crippen LogP contribution in [0.3, 0.4) is 0 Å². The van der Waals surface area contributed by atoms with Crippen LogP contribution in [0.5, 0.6) is 0 Å². The number of carbonyl (C=O) groups excluding carboxylic acids is 1. The van der Waals surface area contributed by atoms with Crippen LogP contribution in [0, 0.1) is 0 Å². The summed E-state index contributed by atoms with van der Waals surface area (Å²) in [4.78, 5) is 11.9. The predicted octanol–water partition coefficient (Wildman–Crippen LogP) is 4.00. The maximum Gasteiger partial charge on any atom is 0.338 e.